The van der Waals surface area contributed by atoms with E-state index in [2.05, 4.69) is 5.32 Å². The van der Waals surface area contributed by atoms with Crippen molar-refractivity contribution in [3.63, 3.8) is 0 Å². The lowest BCUT2D eigenvalue weighted by atomic mass is 10.0. The fourth-order valence-electron chi connectivity index (χ4n) is 1.79. The molecule has 0 aromatic carbocycles. The predicted molar refractivity (Wildman–Crippen MR) is 51.0 cm³/mol. The number of rotatable bonds is 4. The summed E-state index contributed by atoms with van der Waals surface area (Å²) in [5, 5.41) is 12.6. The Morgan fingerprint density at radius 1 is 1.50 bits per heavy atom. The van der Waals surface area contributed by atoms with Crippen molar-refractivity contribution < 1.29 is 19.3 Å². The Morgan fingerprint density at radius 3 is 2.71 bits per heavy atom. The van der Waals surface area contributed by atoms with Crippen molar-refractivity contribution in [1.82, 2.24) is 5.32 Å². The second kappa shape index (κ2) is 5.63. The van der Waals surface area contributed by atoms with E-state index in [0.29, 0.717) is 6.61 Å². The Labute approximate surface area is 84.3 Å². The van der Waals surface area contributed by atoms with Crippen LogP contribution >= 0.6 is 0 Å². The molecule has 84 valence electrons. The maximum atomic E-state index is 9.65. The van der Waals surface area contributed by atoms with E-state index >= 15 is 0 Å². The normalized spacial score (nSPS) is 38.6. The van der Waals surface area contributed by atoms with Gasteiger partial charge in [0.05, 0.1) is 24.9 Å². The average molecular weight is 205 g/mol. The Kier molecular flexibility index (Phi) is 4.77. The SMILES string of the molecule is CNC1C(O)OC(COC)CC1OC. The zero-order valence-electron chi connectivity index (χ0n) is 8.90. The molecule has 5 heteroatoms. The highest BCUT2D eigenvalue weighted by atomic mass is 16.6. The molecule has 0 radical (unpaired) electrons. The fourth-order valence-corrected chi connectivity index (χ4v) is 1.79. The average Bonchev–Trinajstić information content (AvgIpc) is 2.17. The predicted octanol–water partition coefficient (Wildman–Crippen LogP) is -0.657. The lowest BCUT2D eigenvalue weighted by Gasteiger charge is -2.38. The van der Waals surface area contributed by atoms with Crippen LogP contribution in [-0.2, 0) is 14.2 Å². The van der Waals surface area contributed by atoms with Crippen LogP contribution < -0.4 is 5.32 Å². The van der Waals surface area contributed by atoms with Gasteiger partial charge in [-0.3, -0.25) is 0 Å². The van der Waals surface area contributed by atoms with Crippen LogP contribution in [0, 0.1) is 0 Å². The van der Waals surface area contributed by atoms with E-state index in [1.54, 1.807) is 21.3 Å². The molecule has 0 aromatic heterocycles. The molecule has 0 aliphatic carbocycles. The molecule has 1 heterocycles. The van der Waals surface area contributed by atoms with E-state index in [-0.39, 0.29) is 18.2 Å². The maximum Gasteiger partial charge on any atom is 0.172 e. The number of aliphatic hydroxyl groups is 1. The van der Waals surface area contributed by atoms with Crippen molar-refractivity contribution in [3.05, 3.63) is 0 Å². The summed E-state index contributed by atoms with van der Waals surface area (Å²) in [6.07, 6.45) is -0.236. The fraction of sp³-hybridized carbons (Fsp3) is 1.00. The van der Waals surface area contributed by atoms with Crippen LogP contribution in [0.1, 0.15) is 6.42 Å². The summed E-state index contributed by atoms with van der Waals surface area (Å²) in [7, 11) is 5.03. The number of ether oxygens (including phenoxy) is 3. The van der Waals surface area contributed by atoms with Crippen molar-refractivity contribution in [1.29, 1.82) is 0 Å². The van der Waals surface area contributed by atoms with E-state index in [1.165, 1.54) is 0 Å². The highest BCUT2D eigenvalue weighted by Crippen LogP contribution is 2.21. The molecular formula is C9H19NO4. The number of aliphatic hydroxyl groups excluding tert-OH is 1. The smallest absolute Gasteiger partial charge is 0.172 e. The summed E-state index contributed by atoms with van der Waals surface area (Å²) in [6.45, 7) is 0.480. The van der Waals surface area contributed by atoms with E-state index in [0.717, 1.165) is 6.42 Å². The Bertz CT molecular complexity index is 167. The van der Waals surface area contributed by atoms with Crippen molar-refractivity contribution in [3.8, 4) is 0 Å². The largest absolute Gasteiger partial charge is 0.382 e. The van der Waals surface area contributed by atoms with Gasteiger partial charge in [0.1, 0.15) is 0 Å². The molecule has 4 unspecified atom stereocenters. The lowest BCUT2D eigenvalue weighted by molar-refractivity contribution is -0.219. The molecule has 0 amide bonds. The first-order valence-corrected chi connectivity index (χ1v) is 4.75. The van der Waals surface area contributed by atoms with Crippen LogP contribution in [0.15, 0.2) is 0 Å². The number of methoxy groups -OCH3 is 2. The standard InChI is InChI=1S/C9H19NO4/c1-10-8-7(13-3)4-6(5-12-2)14-9(8)11/h6-11H,4-5H2,1-3H3. The summed E-state index contributed by atoms with van der Waals surface area (Å²) >= 11 is 0. The Balaban J connectivity index is 2.53. The monoisotopic (exact) mass is 205 g/mol. The minimum atomic E-state index is -0.834. The highest BCUT2D eigenvalue weighted by Gasteiger charge is 2.36. The molecule has 0 bridgehead atoms. The molecule has 1 saturated heterocycles. The number of nitrogens with one attached hydrogen (secondary N) is 1. The number of likely N-dealkylation sites (N-methyl/N-ethyl adjacent to an activating group) is 1. The molecule has 0 aromatic rings. The molecule has 1 aliphatic heterocycles. The van der Waals surface area contributed by atoms with Gasteiger partial charge in [0, 0.05) is 20.6 Å². The second-order valence-electron chi connectivity index (χ2n) is 3.43. The molecule has 4 atom stereocenters. The van der Waals surface area contributed by atoms with Gasteiger partial charge in [0.15, 0.2) is 6.29 Å². The van der Waals surface area contributed by atoms with Crippen molar-refractivity contribution >= 4 is 0 Å². The Morgan fingerprint density at radius 2 is 2.21 bits per heavy atom. The summed E-state index contributed by atoms with van der Waals surface area (Å²) in [6, 6.07) is -0.173. The van der Waals surface area contributed by atoms with E-state index < -0.39 is 6.29 Å². The zero-order chi connectivity index (χ0) is 10.6. The van der Waals surface area contributed by atoms with E-state index in [9.17, 15) is 5.11 Å². The third-order valence-electron chi connectivity index (χ3n) is 2.52. The summed E-state index contributed by atoms with van der Waals surface area (Å²) < 4.78 is 15.6. The molecule has 0 spiro atoms. The summed E-state index contributed by atoms with van der Waals surface area (Å²) in [5.41, 5.74) is 0. The van der Waals surface area contributed by atoms with Crippen molar-refractivity contribution in [2.24, 2.45) is 0 Å². The first-order valence-electron chi connectivity index (χ1n) is 4.75. The molecule has 5 nitrogen and oxygen atoms in total. The highest BCUT2D eigenvalue weighted by molar-refractivity contribution is 4.86. The first-order chi connectivity index (χ1) is 6.72. The molecule has 1 aliphatic rings. The maximum absolute atomic E-state index is 9.65. The van der Waals surface area contributed by atoms with Gasteiger partial charge >= 0.3 is 0 Å². The third kappa shape index (κ3) is 2.65. The van der Waals surface area contributed by atoms with E-state index in [4.69, 9.17) is 14.2 Å². The van der Waals surface area contributed by atoms with Crippen molar-refractivity contribution in [2.75, 3.05) is 27.9 Å². The van der Waals surface area contributed by atoms with Gasteiger partial charge in [-0.2, -0.15) is 0 Å². The van der Waals surface area contributed by atoms with Crippen LogP contribution in [0.3, 0.4) is 0 Å². The summed E-state index contributed by atoms with van der Waals surface area (Å²) in [5.74, 6) is 0. The molecule has 1 rings (SSSR count). The van der Waals surface area contributed by atoms with Crippen LogP contribution in [0.25, 0.3) is 0 Å². The molecular weight excluding hydrogens is 186 g/mol. The molecule has 0 saturated carbocycles. The molecule has 14 heavy (non-hydrogen) atoms. The van der Waals surface area contributed by atoms with Gasteiger partial charge in [-0.15, -0.1) is 0 Å². The van der Waals surface area contributed by atoms with Gasteiger partial charge < -0.3 is 24.6 Å². The second-order valence-corrected chi connectivity index (χ2v) is 3.43. The van der Waals surface area contributed by atoms with Crippen LogP contribution in [-0.4, -0.2) is 57.5 Å². The summed E-state index contributed by atoms with van der Waals surface area (Å²) in [4.78, 5) is 0. The quantitative estimate of drug-likeness (QED) is 0.638. The minimum absolute atomic E-state index is 0.0381. The van der Waals surface area contributed by atoms with Crippen molar-refractivity contribution in [2.45, 2.75) is 31.0 Å². The van der Waals surface area contributed by atoms with Crippen LogP contribution in [0.2, 0.25) is 0 Å². The lowest BCUT2D eigenvalue weighted by Crippen LogP contribution is -2.55. The zero-order valence-corrected chi connectivity index (χ0v) is 8.90. The Hall–Kier alpha value is -0.200. The number of hydrogen-bond donors (Lipinski definition) is 2. The molecule has 2 N–H and O–H groups in total. The third-order valence-corrected chi connectivity index (χ3v) is 2.52. The van der Waals surface area contributed by atoms with Gasteiger partial charge in [0.25, 0.3) is 0 Å². The number of hydrogen-bond acceptors (Lipinski definition) is 5. The first kappa shape index (κ1) is 11.9. The minimum Gasteiger partial charge on any atom is -0.382 e. The van der Waals surface area contributed by atoms with Gasteiger partial charge in [0.2, 0.25) is 0 Å². The van der Waals surface area contributed by atoms with Crippen LogP contribution in [0.4, 0.5) is 0 Å². The van der Waals surface area contributed by atoms with Gasteiger partial charge in [-0.25, -0.2) is 0 Å². The van der Waals surface area contributed by atoms with Crippen LogP contribution in [0.5, 0.6) is 0 Å². The van der Waals surface area contributed by atoms with Gasteiger partial charge in [-0.05, 0) is 7.05 Å². The topological polar surface area (TPSA) is 60.0 Å². The van der Waals surface area contributed by atoms with Gasteiger partial charge in [-0.1, -0.05) is 0 Å². The molecule has 1 fully saturated rings. The van der Waals surface area contributed by atoms with E-state index in [1.807, 2.05) is 0 Å².